The number of carbonyl (C=O) groups excluding carboxylic acids is 1. The molecule has 2 rings (SSSR count). The molecule has 1 aliphatic heterocycles. The first-order chi connectivity index (χ1) is 8.16. The van der Waals surface area contributed by atoms with Gasteiger partial charge >= 0.3 is 5.97 Å². The second-order valence-corrected chi connectivity index (χ2v) is 5.99. The van der Waals surface area contributed by atoms with Crippen LogP contribution in [0.3, 0.4) is 0 Å². The first kappa shape index (κ1) is 12.5. The minimum Gasteiger partial charge on any atom is -0.480 e. The Morgan fingerprint density at radius 2 is 1.88 bits per heavy atom. The quantitative estimate of drug-likeness (QED) is 0.746. The van der Waals surface area contributed by atoms with E-state index >= 15 is 0 Å². The molecule has 0 spiro atoms. The molecule has 17 heavy (non-hydrogen) atoms. The van der Waals surface area contributed by atoms with Gasteiger partial charge in [-0.2, -0.15) is 0 Å². The Kier molecular flexibility index (Phi) is 4.10. The average Bonchev–Trinajstić information content (AvgIpc) is 2.96. The van der Waals surface area contributed by atoms with Crippen molar-refractivity contribution in [3.8, 4) is 0 Å². The summed E-state index contributed by atoms with van der Waals surface area (Å²) in [6, 6.07) is 0. The molecule has 4 nitrogen and oxygen atoms in total. The number of rotatable bonds is 4. The molecule has 1 heterocycles. The van der Waals surface area contributed by atoms with Gasteiger partial charge in [-0.1, -0.05) is 12.2 Å². The highest BCUT2D eigenvalue weighted by Crippen LogP contribution is 2.33. The van der Waals surface area contributed by atoms with E-state index in [0.29, 0.717) is 25.3 Å². The van der Waals surface area contributed by atoms with Crippen molar-refractivity contribution in [3.63, 3.8) is 0 Å². The van der Waals surface area contributed by atoms with Crippen molar-refractivity contribution in [1.82, 2.24) is 5.32 Å². The SMILES string of the molecule is O=C(NCC1CC=CC1)[C@@H]1CC[C@H](C(=O)O)S1. The summed E-state index contributed by atoms with van der Waals surface area (Å²) in [5.41, 5.74) is 0. The standard InChI is InChI=1S/C12H17NO3S/c14-11(13-7-8-3-1-2-4-8)9-5-6-10(17-9)12(15)16/h1-2,8-10H,3-7H2,(H,13,14)(H,15,16)/t9-,10+/m0/s1. The molecule has 0 bridgehead atoms. The van der Waals surface area contributed by atoms with Crippen LogP contribution in [0.1, 0.15) is 25.7 Å². The van der Waals surface area contributed by atoms with E-state index in [9.17, 15) is 9.59 Å². The smallest absolute Gasteiger partial charge is 0.316 e. The first-order valence-corrected chi connectivity index (χ1v) is 6.92. The van der Waals surface area contributed by atoms with Gasteiger partial charge in [-0.15, -0.1) is 11.8 Å². The van der Waals surface area contributed by atoms with Gasteiger partial charge in [0.05, 0.1) is 5.25 Å². The third kappa shape index (κ3) is 3.25. The highest BCUT2D eigenvalue weighted by Gasteiger charge is 2.34. The topological polar surface area (TPSA) is 66.4 Å². The fourth-order valence-electron chi connectivity index (χ4n) is 2.21. The maximum Gasteiger partial charge on any atom is 0.316 e. The molecule has 0 radical (unpaired) electrons. The van der Waals surface area contributed by atoms with Crippen molar-refractivity contribution < 1.29 is 14.7 Å². The van der Waals surface area contributed by atoms with Crippen LogP contribution >= 0.6 is 11.8 Å². The van der Waals surface area contributed by atoms with Crippen LogP contribution < -0.4 is 5.32 Å². The Balaban J connectivity index is 1.71. The Hall–Kier alpha value is -0.970. The molecule has 94 valence electrons. The van der Waals surface area contributed by atoms with Crippen LogP contribution in [0, 0.1) is 5.92 Å². The van der Waals surface area contributed by atoms with Gasteiger partial charge < -0.3 is 10.4 Å². The molecule has 0 unspecified atom stereocenters. The zero-order valence-electron chi connectivity index (χ0n) is 9.59. The number of amides is 1. The molecular formula is C12H17NO3S. The summed E-state index contributed by atoms with van der Waals surface area (Å²) in [6.07, 6.45) is 7.63. The van der Waals surface area contributed by atoms with E-state index in [-0.39, 0.29) is 11.2 Å². The number of hydrogen-bond acceptors (Lipinski definition) is 3. The molecule has 2 aliphatic rings. The van der Waals surface area contributed by atoms with E-state index in [4.69, 9.17) is 5.11 Å². The van der Waals surface area contributed by atoms with Gasteiger partial charge in [0.2, 0.25) is 5.91 Å². The molecule has 2 N–H and O–H groups in total. The third-order valence-corrected chi connectivity index (χ3v) is 4.80. The summed E-state index contributed by atoms with van der Waals surface area (Å²) in [4.78, 5) is 22.6. The zero-order chi connectivity index (χ0) is 12.3. The first-order valence-electron chi connectivity index (χ1n) is 5.98. The summed E-state index contributed by atoms with van der Waals surface area (Å²) >= 11 is 1.28. The van der Waals surface area contributed by atoms with Crippen molar-refractivity contribution >= 4 is 23.6 Å². The molecule has 5 heteroatoms. The van der Waals surface area contributed by atoms with E-state index in [1.807, 2.05) is 0 Å². The normalized spacial score (nSPS) is 28.5. The lowest BCUT2D eigenvalue weighted by molar-refractivity contribution is -0.136. The molecule has 0 aromatic heterocycles. The van der Waals surface area contributed by atoms with Gasteiger partial charge in [-0.3, -0.25) is 9.59 Å². The molecule has 0 saturated carbocycles. The highest BCUT2D eigenvalue weighted by atomic mass is 32.2. The van der Waals surface area contributed by atoms with Crippen LogP contribution in [0.2, 0.25) is 0 Å². The molecule has 0 aromatic carbocycles. The number of carbonyl (C=O) groups is 2. The average molecular weight is 255 g/mol. The Morgan fingerprint density at radius 3 is 2.47 bits per heavy atom. The highest BCUT2D eigenvalue weighted by molar-refractivity contribution is 8.02. The number of nitrogens with one attached hydrogen (secondary N) is 1. The lowest BCUT2D eigenvalue weighted by Gasteiger charge is -2.13. The molecular weight excluding hydrogens is 238 g/mol. The zero-order valence-corrected chi connectivity index (χ0v) is 10.4. The lowest BCUT2D eigenvalue weighted by Crippen LogP contribution is -2.34. The molecule has 1 amide bonds. The third-order valence-electron chi connectivity index (χ3n) is 3.26. The number of aliphatic carboxylic acids is 1. The largest absolute Gasteiger partial charge is 0.480 e. The van der Waals surface area contributed by atoms with Crippen molar-refractivity contribution in [2.75, 3.05) is 6.54 Å². The second-order valence-electron chi connectivity index (χ2n) is 4.58. The van der Waals surface area contributed by atoms with Crippen molar-refractivity contribution in [2.24, 2.45) is 5.92 Å². The van der Waals surface area contributed by atoms with Crippen LogP contribution in [-0.4, -0.2) is 34.0 Å². The van der Waals surface area contributed by atoms with E-state index < -0.39 is 11.2 Å². The minimum atomic E-state index is -0.801. The van der Waals surface area contributed by atoms with E-state index in [1.165, 1.54) is 11.8 Å². The number of carboxylic acids is 1. The molecule has 1 aliphatic carbocycles. The van der Waals surface area contributed by atoms with Gasteiger partial charge in [0.15, 0.2) is 0 Å². The van der Waals surface area contributed by atoms with Crippen molar-refractivity contribution in [2.45, 2.75) is 36.2 Å². The van der Waals surface area contributed by atoms with E-state index in [0.717, 1.165) is 12.8 Å². The monoisotopic (exact) mass is 255 g/mol. The number of thioether (sulfide) groups is 1. The second kappa shape index (κ2) is 5.58. The van der Waals surface area contributed by atoms with Crippen LogP contribution in [-0.2, 0) is 9.59 Å². The Bertz CT molecular complexity index is 335. The summed E-state index contributed by atoms with van der Waals surface area (Å²) in [5, 5.41) is 11.2. The van der Waals surface area contributed by atoms with E-state index in [1.54, 1.807) is 0 Å². The predicted octanol–water partition coefficient (Wildman–Crippen LogP) is 1.42. The van der Waals surface area contributed by atoms with Gasteiger partial charge in [-0.05, 0) is 31.6 Å². The molecule has 2 atom stereocenters. The number of allylic oxidation sites excluding steroid dienone is 2. The van der Waals surface area contributed by atoms with Gasteiger partial charge in [-0.25, -0.2) is 0 Å². The van der Waals surface area contributed by atoms with Crippen molar-refractivity contribution in [1.29, 1.82) is 0 Å². The maximum absolute atomic E-state index is 11.8. The van der Waals surface area contributed by atoms with Crippen LogP contribution in [0.25, 0.3) is 0 Å². The predicted molar refractivity (Wildman–Crippen MR) is 66.9 cm³/mol. The van der Waals surface area contributed by atoms with Crippen LogP contribution in [0.5, 0.6) is 0 Å². The summed E-state index contributed by atoms with van der Waals surface area (Å²) < 4.78 is 0. The van der Waals surface area contributed by atoms with Crippen LogP contribution in [0.4, 0.5) is 0 Å². The fraction of sp³-hybridized carbons (Fsp3) is 0.667. The number of carboxylic acid groups (broad SMARTS) is 1. The van der Waals surface area contributed by atoms with Gasteiger partial charge in [0.1, 0.15) is 5.25 Å². The Labute approximate surface area is 105 Å². The summed E-state index contributed by atoms with van der Waals surface area (Å²) in [5.74, 6) is -0.267. The van der Waals surface area contributed by atoms with Gasteiger partial charge in [0, 0.05) is 6.54 Å². The van der Waals surface area contributed by atoms with Crippen LogP contribution in [0.15, 0.2) is 12.2 Å². The summed E-state index contributed by atoms with van der Waals surface area (Å²) in [6.45, 7) is 0.709. The fourth-order valence-corrected chi connectivity index (χ4v) is 3.47. The maximum atomic E-state index is 11.8. The molecule has 0 aromatic rings. The van der Waals surface area contributed by atoms with E-state index in [2.05, 4.69) is 17.5 Å². The Morgan fingerprint density at radius 1 is 1.24 bits per heavy atom. The van der Waals surface area contributed by atoms with Gasteiger partial charge in [0.25, 0.3) is 0 Å². The lowest BCUT2D eigenvalue weighted by atomic mass is 10.1. The minimum absolute atomic E-state index is 0.00523. The van der Waals surface area contributed by atoms with Crippen molar-refractivity contribution in [3.05, 3.63) is 12.2 Å². The number of hydrogen-bond donors (Lipinski definition) is 2. The molecule has 1 saturated heterocycles. The summed E-state index contributed by atoms with van der Waals surface area (Å²) in [7, 11) is 0. The molecule has 1 fully saturated rings.